The second kappa shape index (κ2) is 8.63. The fraction of sp³-hybridized carbons (Fsp3) is 0.524. The molecule has 2 aliphatic rings. The van der Waals surface area contributed by atoms with Gasteiger partial charge in [0.2, 0.25) is 5.75 Å². The number of aromatic nitrogens is 2. The van der Waals surface area contributed by atoms with Crippen molar-refractivity contribution in [2.45, 2.75) is 42.5 Å². The number of hydrogen-bond acceptors (Lipinski definition) is 8. The molecule has 2 heterocycles. The smallest absolute Gasteiger partial charge is 0.203 e. The van der Waals surface area contributed by atoms with Crippen molar-refractivity contribution in [3.8, 4) is 28.5 Å². The van der Waals surface area contributed by atoms with Gasteiger partial charge in [0.1, 0.15) is 0 Å². The molecule has 1 aliphatic heterocycles. The molecule has 1 aliphatic carbocycles. The molecule has 4 rings (SSSR count). The first kappa shape index (κ1) is 21.2. The van der Waals surface area contributed by atoms with Gasteiger partial charge in [0.05, 0.1) is 38.5 Å². The van der Waals surface area contributed by atoms with E-state index in [0.29, 0.717) is 28.8 Å². The molecule has 1 saturated heterocycles. The van der Waals surface area contributed by atoms with Crippen LogP contribution >= 0.6 is 11.8 Å². The summed E-state index contributed by atoms with van der Waals surface area (Å²) >= 11 is 1.47. The predicted molar refractivity (Wildman–Crippen MR) is 117 cm³/mol. The van der Waals surface area contributed by atoms with Gasteiger partial charge in [-0.25, -0.2) is 18.4 Å². The van der Waals surface area contributed by atoms with Crippen molar-refractivity contribution in [1.29, 1.82) is 0 Å². The molecule has 0 bridgehead atoms. The average Bonchev–Trinajstić information content (AvgIpc) is 3.09. The van der Waals surface area contributed by atoms with Crippen LogP contribution in [0.15, 0.2) is 17.3 Å². The van der Waals surface area contributed by atoms with Gasteiger partial charge in [-0.05, 0) is 44.2 Å². The van der Waals surface area contributed by atoms with Crippen molar-refractivity contribution in [3.63, 3.8) is 0 Å². The fourth-order valence-electron chi connectivity index (χ4n) is 4.08. The molecule has 0 N–H and O–H groups in total. The Morgan fingerprint density at radius 2 is 1.70 bits per heavy atom. The van der Waals surface area contributed by atoms with Crippen molar-refractivity contribution >= 4 is 21.6 Å². The first-order chi connectivity index (χ1) is 14.4. The zero-order chi connectivity index (χ0) is 21.3. The first-order valence-electron chi connectivity index (χ1n) is 10.0. The second-order valence-corrected chi connectivity index (χ2v) is 11.0. The molecular weight excluding hydrogens is 424 g/mol. The van der Waals surface area contributed by atoms with E-state index in [1.165, 1.54) is 11.8 Å². The second-order valence-electron chi connectivity index (χ2n) is 7.54. The Labute approximate surface area is 181 Å². The molecular formula is C21H26N2O5S2. The highest BCUT2D eigenvalue weighted by Crippen LogP contribution is 2.43. The van der Waals surface area contributed by atoms with E-state index in [4.69, 9.17) is 24.2 Å². The van der Waals surface area contributed by atoms with Gasteiger partial charge in [-0.1, -0.05) is 11.8 Å². The third kappa shape index (κ3) is 4.23. The number of nitrogens with zero attached hydrogens (tertiary/aromatic N) is 2. The Balaban J connectivity index is 1.79. The topological polar surface area (TPSA) is 87.6 Å². The Bertz CT molecular complexity index is 1030. The molecule has 0 amide bonds. The van der Waals surface area contributed by atoms with Gasteiger partial charge in [-0.15, -0.1) is 0 Å². The highest BCUT2D eigenvalue weighted by Gasteiger charge is 2.30. The Morgan fingerprint density at radius 3 is 2.30 bits per heavy atom. The molecule has 0 saturated carbocycles. The van der Waals surface area contributed by atoms with E-state index in [0.717, 1.165) is 48.2 Å². The minimum atomic E-state index is -2.94. The lowest BCUT2D eigenvalue weighted by atomic mass is 9.92. The van der Waals surface area contributed by atoms with Crippen molar-refractivity contribution in [1.82, 2.24) is 9.97 Å². The number of rotatable bonds is 6. The molecule has 1 fully saturated rings. The van der Waals surface area contributed by atoms with E-state index in [9.17, 15) is 8.42 Å². The van der Waals surface area contributed by atoms with Crippen LogP contribution in [-0.2, 0) is 22.7 Å². The summed E-state index contributed by atoms with van der Waals surface area (Å²) in [6, 6.07) is 3.82. The van der Waals surface area contributed by atoms with Crippen molar-refractivity contribution in [2.75, 3.05) is 32.8 Å². The fourth-order valence-corrected chi connectivity index (χ4v) is 7.51. The lowest BCUT2D eigenvalue weighted by molar-refractivity contribution is 0.324. The van der Waals surface area contributed by atoms with E-state index >= 15 is 0 Å². The summed E-state index contributed by atoms with van der Waals surface area (Å²) in [7, 11) is 1.83. The van der Waals surface area contributed by atoms with Crippen LogP contribution in [0, 0.1) is 0 Å². The van der Waals surface area contributed by atoms with Crippen LogP contribution in [0.5, 0.6) is 17.2 Å². The third-order valence-corrected chi connectivity index (χ3v) is 8.67. The van der Waals surface area contributed by atoms with Crippen molar-refractivity contribution in [3.05, 3.63) is 23.4 Å². The quantitative estimate of drug-likeness (QED) is 0.620. The largest absolute Gasteiger partial charge is 0.493 e. The van der Waals surface area contributed by atoms with Crippen LogP contribution in [0.2, 0.25) is 0 Å². The number of fused-ring (bicyclic) bond motifs is 1. The highest BCUT2D eigenvalue weighted by molar-refractivity contribution is 8.01. The number of benzene rings is 1. The van der Waals surface area contributed by atoms with Crippen LogP contribution in [0.3, 0.4) is 0 Å². The van der Waals surface area contributed by atoms with E-state index in [-0.39, 0.29) is 16.8 Å². The predicted octanol–water partition coefficient (Wildman–Crippen LogP) is 3.33. The van der Waals surface area contributed by atoms with Crippen molar-refractivity contribution in [2.24, 2.45) is 0 Å². The summed E-state index contributed by atoms with van der Waals surface area (Å²) in [5.74, 6) is 2.13. The van der Waals surface area contributed by atoms with Crippen molar-refractivity contribution < 1.29 is 22.6 Å². The molecule has 1 aromatic heterocycles. The van der Waals surface area contributed by atoms with Crippen LogP contribution in [0.4, 0.5) is 0 Å². The van der Waals surface area contributed by atoms with E-state index in [1.807, 2.05) is 12.1 Å². The number of thioether (sulfide) groups is 1. The van der Waals surface area contributed by atoms with E-state index in [2.05, 4.69) is 0 Å². The summed E-state index contributed by atoms with van der Waals surface area (Å²) in [6.07, 6.45) is 4.67. The van der Waals surface area contributed by atoms with Gasteiger partial charge in [-0.2, -0.15) is 0 Å². The van der Waals surface area contributed by atoms with Crippen LogP contribution in [0.25, 0.3) is 11.3 Å². The number of methoxy groups -OCH3 is 3. The normalized spacial score (nSPS) is 19.9. The number of hydrogen-bond donors (Lipinski definition) is 0. The standard InChI is InChI=1S/C21H26N2O5S2/c1-26-17-10-13(11-18(27-2)20(17)28-3)19-15-6-4-5-7-16(15)22-21(23-19)29-14-8-9-30(24,25)12-14/h10-11,14H,4-9,12H2,1-3H3. The molecule has 7 nitrogen and oxygen atoms in total. The molecule has 2 aromatic rings. The monoisotopic (exact) mass is 450 g/mol. The molecule has 1 unspecified atom stereocenters. The van der Waals surface area contributed by atoms with Gasteiger partial charge in [-0.3, -0.25) is 0 Å². The van der Waals surface area contributed by atoms with E-state index < -0.39 is 9.84 Å². The number of ether oxygens (including phenoxy) is 3. The summed E-state index contributed by atoms with van der Waals surface area (Å²) in [5, 5.41) is 0.644. The summed E-state index contributed by atoms with van der Waals surface area (Å²) < 4.78 is 40.2. The van der Waals surface area contributed by atoms with Gasteiger partial charge in [0, 0.05) is 22.1 Å². The SMILES string of the molecule is COc1cc(-c2nc(SC3CCS(=O)(=O)C3)nc3c2CCCC3)cc(OC)c1OC. The molecule has 0 radical (unpaired) electrons. The minimum absolute atomic E-state index is 0.00410. The van der Waals surface area contributed by atoms with Crippen LogP contribution < -0.4 is 14.2 Å². The Morgan fingerprint density at radius 1 is 1.00 bits per heavy atom. The maximum absolute atomic E-state index is 11.9. The third-order valence-electron chi connectivity index (χ3n) is 5.56. The van der Waals surface area contributed by atoms with Crippen LogP contribution in [-0.4, -0.2) is 56.5 Å². The Kier molecular flexibility index (Phi) is 6.11. The number of aryl methyl sites for hydroxylation is 1. The summed E-state index contributed by atoms with van der Waals surface area (Å²) in [4.78, 5) is 9.68. The highest BCUT2D eigenvalue weighted by atomic mass is 32.2. The summed E-state index contributed by atoms with van der Waals surface area (Å²) in [5.41, 5.74) is 3.95. The zero-order valence-electron chi connectivity index (χ0n) is 17.4. The van der Waals surface area contributed by atoms with Gasteiger partial charge in [0.15, 0.2) is 26.5 Å². The van der Waals surface area contributed by atoms with E-state index in [1.54, 1.807) is 21.3 Å². The Hall–Kier alpha value is -2.00. The average molecular weight is 451 g/mol. The molecule has 1 aromatic carbocycles. The van der Waals surface area contributed by atoms with Gasteiger partial charge >= 0.3 is 0 Å². The zero-order valence-corrected chi connectivity index (χ0v) is 19.1. The van der Waals surface area contributed by atoms with Gasteiger partial charge < -0.3 is 14.2 Å². The first-order valence-corrected chi connectivity index (χ1v) is 12.7. The van der Waals surface area contributed by atoms with Crippen LogP contribution in [0.1, 0.15) is 30.5 Å². The molecule has 9 heteroatoms. The molecule has 1 atom stereocenters. The lowest BCUT2D eigenvalue weighted by Crippen LogP contribution is -2.12. The lowest BCUT2D eigenvalue weighted by Gasteiger charge is -2.21. The molecule has 0 spiro atoms. The summed E-state index contributed by atoms with van der Waals surface area (Å²) in [6.45, 7) is 0. The van der Waals surface area contributed by atoms with Gasteiger partial charge in [0.25, 0.3) is 0 Å². The number of sulfone groups is 1. The minimum Gasteiger partial charge on any atom is -0.493 e. The maximum Gasteiger partial charge on any atom is 0.203 e. The molecule has 30 heavy (non-hydrogen) atoms. The maximum atomic E-state index is 11.9. The molecule has 162 valence electrons.